The third-order valence-corrected chi connectivity index (χ3v) is 8.94. The molecule has 0 bridgehead atoms. The predicted octanol–water partition coefficient (Wildman–Crippen LogP) is 5.97. The van der Waals surface area contributed by atoms with Crippen LogP contribution in [0.1, 0.15) is 87.2 Å². The molecule has 3 N–H and O–H groups in total. The summed E-state index contributed by atoms with van der Waals surface area (Å²) in [6.45, 7) is 4.40. The van der Waals surface area contributed by atoms with Crippen LogP contribution in [0.3, 0.4) is 0 Å². The Morgan fingerprint density at radius 2 is 1.77 bits per heavy atom. The number of hydrogen-bond donors (Lipinski definition) is 3. The number of imidazole rings is 2. The maximum absolute atomic E-state index is 13.6. The van der Waals surface area contributed by atoms with Gasteiger partial charge in [0.25, 0.3) is 0 Å². The van der Waals surface area contributed by atoms with Gasteiger partial charge in [0.1, 0.15) is 23.4 Å². The van der Waals surface area contributed by atoms with E-state index in [1.165, 1.54) is 32.8 Å². The third kappa shape index (κ3) is 7.23. The topological polar surface area (TPSA) is 129 Å². The number of methoxy groups -OCH3 is 1. The monoisotopic (exact) mass is 629 g/mol. The molecular formula is C37H39N7O3. The maximum Gasteiger partial charge on any atom is 0.407 e. The fraction of sp³-hybridized carbons (Fsp3) is 0.378. The van der Waals surface area contributed by atoms with Gasteiger partial charge in [-0.05, 0) is 73.1 Å². The summed E-state index contributed by atoms with van der Waals surface area (Å²) in [5.41, 5.74) is 5.23. The molecule has 1 aliphatic heterocycles. The van der Waals surface area contributed by atoms with Crippen molar-refractivity contribution < 1.29 is 14.3 Å². The van der Waals surface area contributed by atoms with Crippen molar-refractivity contribution in [1.82, 2.24) is 35.1 Å². The molecule has 1 saturated heterocycles. The zero-order chi connectivity index (χ0) is 32.8. The standard InChI is InChI=1S/C37H39N7O3/c1-24(2)33(43-37(46)47-3)36(45)44-19-9-15-32(44)35-40-23-31(42-35)27-17-16-25(30(20-27)28-13-8-18-38-21-28)10-6-7-14-29-22-39-34(41-29)26-11-4-5-12-26/h8,13,16-18,20-24,26,32-33H,4-5,9,11-12,15,19H2,1-3H3,(H,39,41)(H,40,42)(H,43,46)/t32-,33-/m0/s1. The number of likely N-dealkylation sites (tertiary alicyclic amines) is 1. The van der Waals surface area contributed by atoms with E-state index in [0.717, 1.165) is 52.3 Å². The number of carbonyl (C=O) groups is 2. The van der Waals surface area contributed by atoms with Crippen LogP contribution in [-0.4, -0.2) is 61.5 Å². The lowest BCUT2D eigenvalue weighted by molar-refractivity contribution is -0.135. The zero-order valence-corrected chi connectivity index (χ0v) is 27.0. The van der Waals surface area contributed by atoms with E-state index in [2.05, 4.69) is 55.0 Å². The highest BCUT2D eigenvalue weighted by Crippen LogP contribution is 2.34. The SMILES string of the molecule is COC(=O)N[C@H](C(=O)N1CCC[C@H]1c1ncc(-c2ccc(C#CC#Cc3cnc(C4CCCC4)[nH]3)c(-c3cccnc3)c2)[nH]1)C(C)C. The number of nitrogens with zero attached hydrogens (tertiary/aromatic N) is 4. The van der Waals surface area contributed by atoms with Gasteiger partial charge in [-0.1, -0.05) is 44.7 Å². The van der Waals surface area contributed by atoms with Crippen LogP contribution in [0, 0.1) is 29.6 Å². The number of aromatic amines is 2. The van der Waals surface area contributed by atoms with Crippen LogP contribution in [0.25, 0.3) is 22.4 Å². The highest BCUT2D eigenvalue weighted by Gasteiger charge is 2.37. The van der Waals surface area contributed by atoms with Gasteiger partial charge in [-0.2, -0.15) is 0 Å². The van der Waals surface area contributed by atoms with Crippen LogP contribution in [0.4, 0.5) is 4.79 Å². The highest BCUT2D eigenvalue weighted by atomic mass is 16.5. The molecule has 1 aliphatic carbocycles. The Bertz CT molecular complexity index is 1850. The van der Waals surface area contributed by atoms with Gasteiger partial charge in [-0.3, -0.25) is 9.78 Å². The first-order chi connectivity index (χ1) is 22.9. The number of rotatable bonds is 7. The van der Waals surface area contributed by atoms with Crippen LogP contribution >= 0.6 is 0 Å². The number of amides is 2. The Hall–Kier alpha value is -5.35. The number of pyridine rings is 1. The minimum Gasteiger partial charge on any atom is -0.453 e. The van der Waals surface area contributed by atoms with Crippen LogP contribution in [0.15, 0.2) is 55.1 Å². The number of aromatic nitrogens is 5. The molecule has 2 aliphatic rings. The van der Waals surface area contributed by atoms with E-state index in [-0.39, 0.29) is 17.9 Å². The third-order valence-electron chi connectivity index (χ3n) is 8.94. The smallest absolute Gasteiger partial charge is 0.407 e. The van der Waals surface area contributed by atoms with E-state index >= 15 is 0 Å². The fourth-order valence-corrected chi connectivity index (χ4v) is 6.43. The molecule has 2 fully saturated rings. The summed E-state index contributed by atoms with van der Waals surface area (Å²) in [5, 5.41) is 2.70. The Morgan fingerprint density at radius 1 is 0.957 bits per heavy atom. The van der Waals surface area contributed by atoms with E-state index < -0.39 is 12.1 Å². The van der Waals surface area contributed by atoms with Crippen molar-refractivity contribution in [3.8, 4) is 46.1 Å². The number of nitrogens with one attached hydrogen (secondary N) is 3. The van der Waals surface area contributed by atoms with E-state index in [9.17, 15) is 9.59 Å². The van der Waals surface area contributed by atoms with Crippen molar-refractivity contribution in [2.45, 2.75) is 70.4 Å². The van der Waals surface area contributed by atoms with E-state index in [0.29, 0.717) is 18.3 Å². The number of ether oxygens (including phenoxy) is 1. The van der Waals surface area contributed by atoms with Crippen molar-refractivity contribution in [1.29, 1.82) is 0 Å². The molecule has 47 heavy (non-hydrogen) atoms. The molecule has 240 valence electrons. The van der Waals surface area contributed by atoms with Crippen molar-refractivity contribution in [3.05, 3.63) is 78.0 Å². The molecule has 3 aromatic heterocycles. The minimum absolute atomic E-state index is 0.103. The van der Waals surface area contributed by atoms with E-state index in [1.54, 1.807) is 18.6 Å². The van der Waals surface area contributed by atoms with Crippen molar-refractivity contribution in [2.75, 3.05) is 13.7 Å². The Morgan fingerprint density at radius 3 is 2.53 bits per heavy atom. The Kier molecular flexibility index (Phi) is 9.68. The molecule has 1 aromatic carbocycles. The van der Waals surface area contributed by atoms with Crippen molar-refractivity contribution >= 4 is 12.0 Å². The molecule has 0 unspecified atom stereocenters. The van der Waals surface area contributed by atoms with Crippen molar-refractivity contribution in [3.63, 3.8) is 0 Å². The highest BCUT2D eigenvalue weighted by molar-refractivity contribution is 5.86. The number of H-pyrrole nitrogens is 2. The summed E-state index contributed by atoms with van der Waals surface area (Å²) in [6, 6.07) is 9.06. The molecule has 10 nitrogen and oxygen atoms in total. The summed E-state index contributed by atoms with van der Waals surface area (Å²) < 4.78 is 4.76. The molecule has 2 atom stereocenters. The van der Waals surface area contributed by atoms with Crippen LogP contribution in [0.2, 0.25) is 0 Å². The average Bonchev–Trinajstić information content (AvgIpc) is 3.92. The van der Waals surface area contributed by atoms with Gasteiger partial charge in [0.2, 0.25) is 5.91 Å². The van der Waals surface area contributed by atoms with Crippen molar-refractivity contribution in [2.24, 2.45) is 5.92 Å². The molecule has 4 aromatic rings. The fourth-order valence-electron chi connectivity index (χ4n) is 6.43. The normalized spacial score (nSPS) is 16.7. The number of hydrogen-bond acceptors (Lipinski definition) is 6. The largest absolute Gasteiger partial charge is 0.453 e. The van der Waals surface area contributed by atoms with E-state index in [1.807, 2.05) is 49.2 Å². The number of carbonyl (C=O) groups excluding carboxylic acids is 2. The summed E-state index contributed by atoms with van der Waals surface area (Å²) in [4.78, 5) is 47.7. The second-order valence-electron chi connectivity index (χ2n) is 12.4. The quantitative estimate of drug-likeness (QED) is 0.216. The lowest BCUT2D eigenvalue weighted by Gasteiger charge is -2.30. The molecule has 0 radical (unpaired) electrons. The predicted molar refractivity (Wildman–Crippen MR) is 179 cm³/mol. The first-order valence-electron chi connectivity index (χ1n) is 16.2. The van der Waals surface area contributed by atoms with Crippen LogP contribution < -0.4 is 5.32 Å². The second kappa shape index (κ2) is 14.4. The van der Waals surface area contributed by atoms with E-state index in [4.69, 9.17) is 9.72 Å². The summed E-state index contributed by atoms with van der Waals surface area (Å²) in [6.07, 6.45) is 13.0. The Labute approximate surface area is 275 Å². The molecule has 6 rings (SSSR count). The average molecular weight is 630 g/mol. The lowest BCUT2D eigenvalue weighted by atomic mass is 9.97. The second-order valence-corrected chi connectivity index (χ2v) is 12.4. The summed E-state index contributed by atoms with van der Waals surface area (Å²) in [7, 11) is 1.29. The van der Waals surface area contributed by atoms with Gasteiger partial charge in [0, 0.05) is 41.5 Å². The van der Waals surface area contributed by atoms with Gasteiger partial charge in [-0.25, -0.2) is 14.8 Å². The Balaban J connectivity index is 1.23. The number of alkyl carbamates (subject to hydrolysis) is 1. The van der Waals surface area contributed by atoms with Gasteiger partial charge >= 0.3 is 6.09 Å². The van der Waals surface area contributed by atoms with Gasteiger partial charge in [-0.15, -0.1) is 0 Å². The first-order valence-corrected chi connectivity index (χ1v) is 16.2. The summed E-state index contributed by atoms with van der Waals surface area (Å²) in [5.74, 6) is 14.3. The molecule has 4 heterocycles. The van der Waals surface area contributed by atoms with Crippen LogP contribution in [0.5, 0.6) is 0 Å². The van der Waals surface area contributed by atoms with Crippen LogP contribution in [-0.2, 0) is 9.53 Å². The number of benzene rings is 1. The lowest BCUT2D eigenvalue weighted by Crippen LogP contribution is -2.51. The maximum atomic E-state index is 13.6. The molecule has 10 heteroatoms. The van der Waals surface area contributed by atoms with Gasteiger partial charge in [0.05, 0.1) is 31.2 Å². The molecular weight excluding hydrogens is 590 g/mol. The summed E-state index contributed by atoms with van der Waals surface area (Å²) >= 11 is 0. The zero-order valence-electron chi connectivity index (χ0n) is 27.0. The minimum atomic E-state index is -0.688. The molecule has 1 saturated carbocycles. The van der Waals surface area contributed by atoms with Gasteiger partial charge in [0.15, 0.2) is 0 Å². The van der Waals surface area contributed by atoms with Gasteiger partial charge < -0.3 is 24.9 Å². The molecule has 0 spiro atoms. The molecule has 2 amide bonds. The first kappa shape index (κ1) is 31.6.